The zero-order valence-electron chi connectivity index (χ0n) is 11.1. The fourth-order valence-corrected chi connectivity index (χ4v) is 1.98. The van der Waals surface area contributed by atoms with Gasteiger partial charge in [-0.25, -0.2) is 8.78 Å². The quantitative estimate of drug-likeness (QED) is 0.714. The molecular formula is C14H21F2N. The summed E-state index contributed by atoms with van der Waals surface area (Å²) in [5.74, 6) is -0.300. The lowest BCUT2D eigenvalue weighted by molar-refractivity contribution is 0.567. The van der Waals surface area contributed by atoms with Gasteiger partial charge >= 0.3 is 0 Å². The fraction of sp³-hybridized carbons (Fsp3) is 0.571. The molecule has 96 valence electrons. The normalized spacial score (nSPS) is 18.9. The molecule has 0 bridgehead atoms. The van der Waals surface area contributed by atoms with E-state index in [0.717, 1.165) is 19.5 Å². The lowest BCUT2D eigenvalue weighted by Crippen LogP contribution is -2.19. The first kappa shape index (κ1) is 13.9. The lowest BCUT2D eigenvalue weighted by Gasteiger charge is -2.18. The molecule has 1 atom stereocenters. The van der Waals surface area contributed by atoms with Gasteiger partial charge in [0.1, 0.15) is 11.6 Å². The number of hydrogen-bond donors (Lipinski definition) is 0. The number of benzene rings is 1. The number of halogens is 2. The van der Waals surface area contributed by atoms with E-state index in [2.05, 4.69) is 6.92 Å². The second-order valence-electron chi connectivity index (χ2n) is 4.37. The number of hydrogen-bond acceptors (Lipinski definition) is 1. The lowest BCUT2D eigenvalue weighted by atomic mass is 10.1. The van der Waals surface area contributed by atoms with E-state index >= 15 is 0 Å². The molecule has 1 heterocycles. The minimum Gasteiger partial charge on any atom is -0.371 e. The van der Waals surface area contributed by atoms with Crippen LogP contribution < -0.4 is 4.90 Å². The highest BCUT2D eigenvalue weighted by atomic mass is 19.1. The Labute approximate surface area is 102 Å². The van der Waals surface area contributed by atoms with Gasteiger partial charge in [0.25, 0.3) is 0 Å². The van der Waals surface area contributed by atoms with Gasteiger partial charge < -0.3 is 4.90 Å². The SMILES string of the molecule is CC.Cc1c(F)cc(N2CCC(C)C2)cc1F. The fourth-order valence-electron chi connectivity index (χ4n) is 1.98. The molecule has 1 aliphatic heterocycles. The Morgan fingerprint density at radius 1 is 1.18 bits per heavy atom. The van der Waals surface area contributed by atoms with Gasteiger partial charge in [-0.3, -0.25) is 0 Å². The molecule has 2 rings (SSSR count). The Hall–Kier alpha value is -1.12. The molecule has 0 aromatic heterocycles. The summed E-state index contributed by atoms with van der Waals surface area (Å²) in [4.78, 5) is 2.04. The molecule has 1 fully saturated rings. The van der Waals surface area contributed by atoms with Crippen molar-refractivity contribution < 1.29 is 8.78 Å². The molecule has 1 aliphatic rings. The summed E-state index contributed by atoms with van der Waals surface area (Å²) < 4.78 is 26.6. The minimum absolute atomic E-state index is 0.103. The summed E-state index contributed by atoms with van der Waals surface area (Å²) in [5.41, 5.74) is 0.769. The van der Waals surface area contributed by atoms with E-state index < -0.39 is 11.6 Å². The Morgan fingerprint density at radius 2 is 1.71 bits per heavy atom. The molecule has 0 N–H and O–H groups in total. The van der Waals surface area contributed by atoms with Crippen molar-refractivity contribution in [1.29, 1.82) is 0 Å². The Bertz CT molecular complexity index is 353. The van der Waals surface area contributed by atoms with Crippen molar-refractivity contribution in [2.45, 2.75) is 34.1 Å². The van der Waals surface area contributed by atoms with Gasteiger partial charge in [0, 0.05) is 24.3 Å². The van der Waals surface area contributed by atoms with E-state index in [1.54, 1.807) is 0 Å². The van der Waals surface area contributed by atoms with Crippen molar-refractivity contribution in [3.63, 3.8) is 0 Å². The molecule has 0 aliphatic carbocycles. The highest BCUT2D eigenvalue weighted by molar-refractivity contribution is 5.49. The highest BCUT2D eigenvalue weighted by Gasteiger charge is 2.20. The predicted molar refractivity (Wildman–Crippen MR) is 68.4 cm³/mol. The molecule has 0 amide bonds. The standard InChI is InChI=1S/C12H15F2N.C2H6/c1-8-3-4-15(7-8)10-5-11(13)9(2)12(14)6-10;1-2/h5-6,8H,3-4,7H2,1-2H3;1-2H3. The first-order valence-corrected chi connectivity index (χ1v) is 6.28. The van der Waals surface area contributed by atoms with Crippen LogP contribution in [0.3, 0.4) is 0 Å². The van der Waals surface area contributed by atoms with Gasteiger partial charge in [-0.1, -0.05) is 20.8 Å². The van der Waals surface area contributed by atoms with Gasteiger partial charge in [0.2, 0.25) is 0 Å². The molecule has 1 unspecified atom stereocenters. The Morgan fingerprint density at radius 3 is 2.12 bits per heavy atom. The van der Waals surface area contributed by atoms with Gasteiger partial charge in [-0.15, -0.1) is 0 Å². The topological polar surface area (TPSA) is 3.24 Å². The Balaban J connectivity index is 0.000000686. The smallest absolute Gasteiger partial charge is 0.131 e. The second kappa shape index (κ2) is 5.99. The molecule has 1 aromatic carbocycles. The van der Waals surface area contributed by atoms with Crippen LogP contribution >= 0.6 is 0 Å². The highest BCUT2D eigenvalue weighted by Crippen LogP contribution is 2.26. The number of anilines is 1. The largest absolute Gasteiger partial charge is 0.371 e. The van der Waals surface area contributed by atoms with Crippen LogP contribution in [0.25, 0.3) is 0 Å². The van der Waals surface area contributed by atoms with Gasteiger partial charge in [-0.05, 0) is 31.4 Å². The van der Waals surface area contributed by atoms with Crippen LogP contribution in [0.5, 0.6) is 0 Å². The van der Waals surface area contributed by atoms with E-state index in [1.807, 2.05) is 18.7 Å². The minimum atomic E-state index is -0.454. The van der Waals surface area contributed by atoms with E-state index in [9.17, 15) is 8.78 Å². The molecule has 1 aromatic rings. The molecule has 0 radical (unpaired) electrons. The molecule has 0 spiro atoms. The van der Waals surface area contributed by atoms with Gasteiger partial charge in [0.05, 0.1) is 0 Å². The maximum absolute atomic E-state index is 13.3. The third-order valence-electron chi connectivity index (χ3n) is 3.05. The van der Waals surface area contributed by atoms with Gasteiger partial charge in [0.15, 0.2) is 0 Å². The van der Waals surface area contributed by atoms with E-state index in [1.165, 1.54) is 19.1 Å². The molecule has 3 heteroatoms. The summed E-state index contributed by atoms with van der Waals surface area (Å²) in [7, 11) is 0. The monoisotopic (exact) mass is 241 g/mol. The van der Waals surface area contributed by atoms with Crippen LogP contribution in [0.2, 0.25) is 0 Å². The molecule has 1 nitrogen and oxygen atoms in total. The van der Waals surface area contributed by atoms with E-state index in [0.29, 0.717) is 11.6 Å². The second-order valence-corrected chi connectivity index (χ2v) is 4.37. The van der Waals surface area contributed by atoms with Crippen molar-refractivity contribution in [2.75, 3.05) is 18.0 Å². The molecule has 17 heavy (non-hydrogen) atoms. The van der Waals surface area contributed by atoms with Crippen molar-refractivity contribution in [3.05, 3.63) is 29.3 Å². The molecule has 0 saturated carbocycles. The van der Waals surface area contributed by atoms with Crippen LogP contribution in [0.15, 0.2) is 12.1 Å². The first-order valence-electron chi connectivity index (χ1n) is 6.28. The number of nitrogens with zero attached hydrogens (tertiary/aromatic N) is 1. The van der Waals surface area contributed by atoms with Crippen LogP contribution in [-0.2, 0) is 0 Å². The maximum Gasteiger partial charge on any atom is 0.131 e. The number of rotatable bonds is 1. The van der Waals surface area contributed by atoms with Crippen molar-refractivity contribution in [1.82, 2.24) is 0 Å². The average molecular weight is 241 g/mol. The van der Waals surface area contributed by atoms with Crippen molar-refractivity contribution >= 4 is 5.69 Å². The van der Waals surface area contributed by atoms with E-state index in [-0.39, 0.29) is 5.56 Å². The summed E-state index contributed by atoms with van der Waals surface area (Å²) in [6, 6.07) is 2.85. The molecular weight excluding hydrogens is 220 g/mol. The predicted octanol–water partition coefficient (Wildman–Crippen LogP) is 4.15. The van der Waals surface area contributed by atoms with E-state index in [4.69, 9.17) is 0 Å². The summed E-state index contributed by atoms with van der Waals surface area (Å²) in [6.07, 6.45) is 1.09. The Kier molecular flexibility index (Phi) is 4.91. The summed E-state index contributed by atoms with van der Waals surface area (Å²) in [5, 5.41) is 0. The van der Waals surface area contributed by atoms with Gasteiger partial charge in [-0.2, -0.15) is 0 Å². The summed E-state index contributed by atoms with van der Waals surface area (Å²) in [6.45, 7) is 9.40. The zero-order chi connectivity index (χ0) is 13.0. The van der Waals surface area contributed by atoms with Crippen LogP contribution in [0, 0.1) is 24.5 Å². The maximum atomic E-state index is 13.3. The van der Waals surface area contributed by atoms with Crippen LogP contribution in [0.4, 0.5) is 14.5 Å². The van der Waals surface area contributed by atoms with Crippen molar-refractivity contribution in [2.24, 2.45) is 5.92 Å². The third kappa shape index (κ3) is 3.18. The average Bonchev–Trinajstić information content (AvgIpc) is 2.75. The molecule has 1 saturated heterocycles. The third-order valence-corrected chi connectivity index (χ3v) is 3.05. The van der Waals surface area contributed by atoms with Crippen LogP contribution in [-0.4, -0.2) is 13.1 Å². The first-order chi connectivity index (χ1) is 8.08. The summed E-state index contributed by atoms with van der Waals surface area (Å²) >= 11 is 0. The van der Waals surface area contributed by atoms with Crippen LogP contribution in [0.1, 0.15) is 32.8 Å². The zero-order valence-corrected chi connectivity index (χ0v) is 11.1. The van der Waals surface area contributed by atoms with Crippen molar-refractivity contribution in [3.8, 4) is 0 Å².